The standard InChI is InChI=1S/C24H33N3O4/c1-18-6-4-7-19(2)24(18)25-23(29)16-27-12-10-26(11-13-27)15-20(28)17-31-22-9-5-8-21(14-22)30-3/h4-9,14,20,28H,10-13,15-17H2,1-3H3,(H,25,29). The van der Waals surface area contributed by atoms with E-state index in [1.54, 1.807) is 13.2 Å². The van der Waals surface area contributed by atoms with Crippen LogP contribution in [0.1, 0.15) is 11.1 Å². The van der Waals surface area contributed by atoms with E-state index in [4.69, 9.17) is 9.47 Å². The molecular weight excluding hydrogens is 394 g/mol. The monoisotopic (exact) mass is 427 g/mol. The van der Waals surface area contributed by atoms with Gasteiger partial charge in [0.2, 0.25) is 5.91 Å². The number of β-amino-alcohol motifs (C(OH)–C–C–N with tert-alkyl or cyclic N) is 1. The van der Waals surface area contributed by atoms with Crippen LogP contribution in [0.15, 0.2) is 42.5 Å². The highest BCUT2D eigenvalue weighted by molar-refractivity contribution is 5.93. The van der Waals surface area contributed by atoms with Crippen molar-refractivity contribution in [2.75, 3.05) is 58.3 Å². The summed E-state index contributed by atoms with van der Waals surface area (Å²) >= 11 is 0. The smallest absolute Gasteiger partial charge is 0.238 e. The number of hydrogen-bond donors (Lipinski definition) is 2. The summed E-state index contributed by atoms with van der Waals surface area (Å²) in [7, 11) is 1.61. The van der Waals surface area contributed by atoms with Crippen molar-refractivity contribution >= 4 is 11.6 Å². The van der Waals surface area contributed by atoms with Crippen molar-refractivity contribution < 1.29 is 19.4 Å². The van der Waals surface area contributed by atoms with Crippen molar-refractivity contribution in [2.45, 2.75) is 20.0 Å². The molecule has 1 atom stereocenters. The topological polar surface area (TPSA) is 74.3 Å². The van der Waals surface area contributed by atoms with E-state index >= 15 is 0 Å². The summed E-state index contributed by atoms with van der Waals surface area (Å²) in [6.07, 6.45) is -0.579. The zero-order valence-electron chi connectivity index (χ0n) is 18.6. The Morgan fingerprint density at radius 1 is 1.03 bits per heavy atom. The van der Waals surface area contributed by atoms with Crippen molar-refractivity contribution in [1.29, 1.82) is 0 Å². The second kappa shape index (κ2) is 11.1. The third-order valence-electron chi connectivity index (χ3n) is 5.53. The summed E-state index contributed by atoms with van der Waals surface area (Å²) in [5, 5.41) is 13.4. The molecule has 2 aromatic rings. The molecule has 1 aliphatic heterocycles. The first-order valence-corrected chi connectivity index (χ1v) is 10.7. The van der Waals surface area contributed by atoms with Gasteiger partial charge in [-0.05, 0) is 37.1 Å². The number of nitrogens with zero attached hydrogens (tertiary/aromatic N) is 2. The van der Waals surface area contributed by atoms with Crippen LogP contribution in [0.25, 0.3) is 0 Å². The van der Waals surface area contributed by atoms with E-state index in [1.807, 2.05) is 50.2 Å². The number of aliphatic hydroxyl groups excluding tert-OH is 1. The van der Waals surface area contributed by atoms with Crippen molar-refractivity contribution in [1.82, 2.24) is 9.80 Å². The Labute approximate surface area is 184 Å². The van der Waals surface area contributed by atoms with Gasteiger partial charge in [-0.1, -0.05) is 24.3 Å². The highest BCUT2D eigenvalue weighted by atomic mass is 16.5. The second-order valence-corrected chi connectivity index (χ2v) is 8.04. The number of aliphatic hydroxyl groups is 1. The van der Waals surface area contributed by atoms with Crippen LogP contribution in [-0.4, -0.2) is 79.9 Å². The number of ether oxygens (including phenoxy) is 2. The molecule has 7 nitrogen and oxygen atoms in total. The molecule has 0 bridgehead atoms. The van der Waals surface area contributed by atoms with Crippen LogP contribution < -0.4 is 14.8 Å². The predicted octanol–water partition coefficient (Wildman–Crippen LogP) is 2.31. The molecule has 2 aromatic carbocycles. The molecule has 1 heterocycles. The molecule has 31 heavy (non-hydrogen) atoms. The lowest BCUT2D eigenvalue weighted by molar-refractivity contribution is -0.117. The second-order valence-electron chi connectivity index (χ2n) is 8.04. The third-order valence-corrected chi connectivity index (χ3v) is 5.53. The number of anilines is 1. The van der Waals surface area contributed by atoms with Crippen molar-refractivity contribution in [3.05, 3.63) is 53.6 Å². The molecule has 0 aliphatic carbocycles. The Morgan fingerprint density at radius 3 is 2.32 bits per heavy atom. The molecule has 1 fully saturated rings. The highest BCUT2D eigenvalue weighted by Gasteiger charge is 2.21. The molecule has 1 amide bonds. The number of nitrogens with one attached hydrogen (secondary N) is 1. The fourth-order valence-electron chi connectivity index (χ4n) is 3.76. The number of carbonyl (C=O) groups excluding carboxylic acids is 1. The van der Waals surface area contributed by atoms with E-state index in [1.165, 1.54) is 0 Å². The van der Waals surface area contributed by atoms with Crippen LogP contribution in [0, 0.1) is 13.8 Å². The maximum absolute atomic E-state index is 12.5. The lowest BCUT2D eigenvalue weighted by atomic mass is 10.1. The minimum Gasteiger partial charge on any atom is -0.497 e. The van der Waals surface area contributed by atoms with Crippen molar-refractivity contribution in [2.24, 2.45) is 0 Å². The molecule has 7 heteroatoms. The average Bonchev–Trinajstić information content (AvgIpc) is 2.76. The summed E-state index contributed by atoms with van der Waals surface area (Å²) in [4.78, 5) is 16.8. The molecule has 3 rings (SSSR count). The van der Waals surface area contributed by atoms with Crippen LogP contribution in [0.4, 0.5) is 5.69 Å². The number of aryl methyl sites for hydroxylation is 2. The molecule has 0 aromatic heterocycles. The van der Waals surface area contributed by atoms with E-state index in [9.17, 15) is 9.90 Å². The van der Waals surface area contributed by atoms with Gasteiger partial charge in [-0.15, -0.1) is 0 Å². The largest absolute Gasteiger partial charge is 0.497 e. The maximum atomic E-state index is 12.5. The molecule has 1 aliphatic rings. The summed E-state index contributed by atoms with van der Waals surface area (Å²) in [5.74, 6) is 1.42. The van der Waals surface area contributed by atoms with E-state index in [0.717, 1.165) is 48.7 Å². The minimum atomic E-state index is -0.579. The molecule has 1 saturated heterocycles. The van der Waals surface area contributed by atoms with E-state index in [2.05, 4.69) is 15.1 Å². The molecule has 168 valence electrons. The number of piperazine rings is 1. The first-order valence-electron chi connectivity index (χ1n) is 10.7. The molecule has 0 spiro atoms. The predicted molar refractivity (Wildman–Crippen MR) is 122 cm³/mol. The van der Waals surface area contributed by atoms with Crippen LogP contribution in [0.2, 0.25) is 0 Å². The van der Waals surface area contributed by atoms with Gasteiger partial charge < -0.3 is 19.9 Å². The van der Waals surface area contributed by atoms with Gasteiger partial charge in [0.05, 0.1) is 13.7 Å². The zero-order valence-corrected chi connectivity index (χ0v) is 18.6. The lowest BCUT2D eigenvalue weighted by Crippen LogP contribution is -2.50. The fraction of sp³-hybridized carbons (Fsp3) is 0.458. The summed E-state index contributed by atoms with van der Waals surface area (Å²) in [5.41, 5.74) is 3.05. The van der Waals surface area contributed by atoms with Gasteiger partial charge in [-0.2, -0.15) is 0 Å². The maximum Gasteiger partial charge on any atom is 0.238 e. The number of para-hydroxylation sites is 1. The van der Waals surface area contributed by atoms with E-state index < -0.39 is 6.10 Å². The Balaban J connectivity index is 1.37. The van der Waals surface area contributed by atoms with E-state index in [0.29, 0.717) is 18.8 Å². The lowest BCUT2D eigenvalue weighted by Gasteiger charge is -2.35. The van der Waals surface area contributed by atoms with Crippen LogP contribution in [0.3, 0.4) is 0 Å². The summed E-state index contributed by atoms with van der Waals surface area (Å²) < 4.78 is 10.9. The minimum absolute atomic E-state index is 0.0116. The molecule has 2 N–H and O–H groups in total. The van der Waals surface area contributed by atoms with Gasteiger partial charge >= 0.3 is 0 Å². The average molecular weight is 428 g/mol. The number of rotatable bonds is 9. The quantitative estimate of drug-likeness (QED) is 0.640. The SMILES string of the molecule is COc1cccc(OCC(O)CN2CCN(CC(=O)Nc3c(C)cccc3C)CC2)c1. The van der Waals surface area contributed by atoms with Crippen molar-refractivity contribution in [3.63, 3.8) is 0 Å². The zero-order chi connectivity index (χ0) is 22.2. The van der Waals surface area contributed by atoms with Gasteiger partial charge in [0.25, 0.3) is 0 Å². The Kier molecular flexibility index (Phi) is 8.28. The van der Waals surface area contributed by atoms with Gasteiger partial charge in [-0.25, -0.2) is 0 Å². The number of carbonyl (C=O) groups is 1. The molecule has 1 unspecified atom stereocenters. The molecular formula is C24H33N3O4. The fourth-order valence-corrected chi connectivity index (χ4v) is 3.76. The van der Waals surface area contributed by atoms with Crippen LogP contribution in [0.5, 0.6) is 11.5 Å². The van der Waals surface area contributed by atoms with E-state index in [-0.39, 0.29) is 12.5 Å². The Bertz CT molecular complexity index is 845. The van der Waals surface area contributed by atoms with Gasteiger partial charge in [0.15, 0.2) is 0 Å². The van der Waals surface area contributed by atoms with Crippen LogP contribution >= 0.6 is 0 Å². The number of methoxy groups -OCH3 is 1. The van der Waals surface area contributed by atoms with Crippen molar-refractivity contribution in [3.8, 4) is 11.5 Å². The molecule has 0 saturated carbocycles. The van der Waals surface area contributed by atoms with Crippen LogP contribution in [-0.2, 0) is 4.79 Å². The van der Waals surface area contributed by atoms with Gasteiger partial charge in [-0.3, -0.25) is 14.6 Å². The van der Waals surface area contributed by atoms with Gasteiger partial charge in [0, 0.05) is 44.5 Å². The van der Waals surface area contributed by atoms with Gasteiger partial charge in [0.1, 0.15) is 24.2 Å². The third kappa shape index (κ3) is 6.95. The number of hydrogen-bond acceptors (Lipinski definition) is 6. The normalized spacial score (nSPS) is 16.0. The number of benzene rings is 2. The summed E-state index contributed by atoms with van der Waals surface area (Å²) in [6, 6.07) is 13.4. The molecule has 0 radical (unpaired) electrons. The first kappa shape index (κ1) is 23.1. The highest BCUT2D eigenvalue weighted by Crippen LogP contribution is 2.20. The number of amides is 1. The Hall–Kier alpha value is -2.61. The Morgan fingerprint density at radius 2 is 1.65 bits per heavy atom. The summed E-state index contributed by atoms with van der Waals surface area (Å²) in [6.45, 7) is 8.38. The first-order chi connectivity index (χ1) is 14.9.